The number of aromatic nitrogens is 1. The minimum Gasteiger partial charge on any atom is -0.497 e. The smallest absolute Gasteiger partial charge is 0.338 e. The normalized spacial score (nSPS) is 14.8. The second-order valence-electron chi connectivity index (χ2n) is 10.1. The molecule has 216 valence electrons. The van der Waals surface area contributed by atoms with Gasteiger partial charge in [0.15, 0.2) is 4.80 Å². The van der Waals surface area contributed by atoms with Crippen LogP contribution in [-0.2, 0) is 16.1 Å². The number of methoxy groups -OCH3 is 1. The van der Waals surface area contributed by atoms with E-state index in [4.69, 9.17) is 14.2 Å². The largest absolute Gasteiger partial charge is 0.497 e. The number of hydrogen-bond acceptors (Lipinski definition) is 7. The maximum atomic E-state index is 13.9. The summed E-state index contributed by atoms with van der Waals surface area (Å²) < 4.78 is 19.0. The molecule has 7 nitrogen and oxygen atoms in total. The van der Waals surface area contributed by atoms with Crippen molar-refractivity contribution in [3.05, 3.63) is 139 Å². The van der Waals surface area contributed by atoms with Crippen LogP contribution in [0.1, 0.15) is 36.6 Å². The molecule has 4 aromatic carbocycles. The summed E-state index contributed by atoms with van der Waals surface area (Å²) in [6.45, 7) is 4.17. The van der Waals surface area contributed by atoms with Crippen LogP contribution in [0.2, 0.25) is 0 Å². The molecule has 0 spiro atoms. The summed E-state index contributed by atoms with van der Waals surface area (Å²) in [5.74, 6) is 0.887. The summed E-state index contributed by atoms with van der Waals surface area (Å²) in [5.41, 5.74) is 3.31. The topological polar surface area (TPSA) is 79.1 Å². The number of nitrogens with zero attached hydrogens (tertiary/aromatic N) is 2. The van der Waals surface area contributed by atoms with Crippen molar-refractivity contribution in [2.24, 2.45) is 4.99 Å². The van der Waals surface area contributed by atoms with Gasteiger partial charge in [-0.25, -0.2) is 9.79 Å². The Morgan fingerprint density at radius 1 is 0.977 bits per heavy atom. The molecule has 43 heavy (non-hydrogen) atoms. The van der Waals surface area contributed by atoms with Crippen LogP contribution < -0.4 is 24.4 Å². The molecule has 5 aromatic rings. The first-order valence-corrected chi connectivity index (χ1v) is 14.8. The molecule has 0 amide bonds. The third kappa shape index (κ3) is 5.61. The number of carbonyl (C=O) groups excluding carboxylic acids is 1. The first-order chi connectivity index (χ1) is 21.0. The predicted octanol–water partition coefficient (Wildman–Crippen LogP) is 5.54. The molecule has 1 aliphatic rings. The summed E-state index contributed by atoms with van der Waals surface area (Å²) in [6, 6.07) is 28.7. The van der Waals surface area contributed by atoms with E-state index in [1.165, 1.54) is 16.7 Å². The van der Waals surface area contributed by atoms with Gasteiger partial charge in [0.05, 0.1) is 35.6 Å². The molecule has 1 aliphatic heterocycles. The first-order valence-electron chi connectivity index (χ1n) is 14.0. The monoisotopic (exact) mass is 590 g/mol. The third-order valence-electron chi connectivity index (χ3n) is 7.38. The summed E-state index contributed by atoms with van der Waals surface area (Å²) in [5, 5.41) is 2.33. The zero-order chi connectivity index (χ0) is 29.9. The van der Waals surface area contributed by atoms with Crippen LogP contribution in [0.25, 0.3) is 16.8 Å². The number of allylic oxidation sites excluding steroid dienone is 1. The van der Waals surface area contributed by atoms with Gasteiger partial charge in [-0.3, -0.25) is 9.36 Å². The van der Waals surface area contributed by atoms with Crippen LogP contribution in [0, 0.1) is 0 Å². The summed E-state index contributed by atoms with van der Waals surface area (Å²) in [4.78, 5) is 32.2. The Labute approximate surface area is 252 Å². The SMILES string of the molecule is CCOC(=O)C1=C(C)N=c2s/c(=C/c3cccc(OCc4cccc5ccccc45)c3)c(=O)n2[C@H]1c1ccc(OC)cc1. The van der Waals surface area contributed by atoms with Crippen molar-refractivity contribution in [1.82, 2.24) is 4.57 Å². The number of fused-ring (bicyclic) bond motifs is 2. The maximum absolute atomic E-state index is 13.9. The van der Waals surface area contributed by atoms with Gasteiger partial charge in [0, 0.05) is 0 Å². The highest BCUT2D eigenvalue weighted by molar-refractivity contribution is 7.07. The van der Waals surface area contributed by atoms with Crippen LogP contribution >= 0.6 is 11.3 Å². The van der Waals surface area contributed by atoms with E-state index < -0.39 is 12.0 Å². The average molecular weight is 591 g/mol. The third-order valence-corrected chi connectivity index (χ3v) is 8.36. The van der Waals surface area contributed by atoms with Crippen LogP contribution in [-0.4, -0.2) is 24.3 Å². The Kier molecular flexibility index (Phi) is 7.94. The molecule has 0 aliphatic carbocycles. The van der Waals surface area contributed by atoms with E-state index in [2.05, 4.69) is 29.3 Å². The predicted molar refractivity (Wildman–Crippen MR) is 168 cm³/mol. The minimum absolute atomic E-state index is 0.217. The Bertz CT molecular complexity index is 2030. The lowest BCUT2D eigenvalue weighted by atomic mass is 9.96. The zero-order valence-electron chi connectivity index (χ0n) is 24.1. The number of benzene rings is 4. The number of hydrogen-bond donors (Lipinski definition) is 0. The first kappa shape index (κ1) is 28.2. The number of esters is 1. The summed E-state index contributed by atoms with van der Waals surface area (Å²) in [7, 11) is 1.59. The van der Waals surface area contributed by atoms with Crippen LogP contribution in [0.15, 0.2) is 112 Å². The molecule has 6 rings (SSSR count). The highest BCUT2D eigenvalue weighted by Crippen LogP contribution is 2.31. The average Bonchev–Trinajstić information content (AvgIpc) is 3.33. The fourth-order valence-electron chi connectivity index (χ4n) is 5.32. The van der Waals surface area contributed by atoms with Gasteiger partial charge in [-0.05, 0) is 71.7 Å². The lowest BCUT2D eigenvalue weighted by Gasteiger charge is -2.24. The molecule has 1 aromatic heterocycles. The van der Waals surface area contributed by atoms with E-state index in [0.717, 1.165) is 22.1 Å². The number of rotatable bonds is 8. The van der Waals surface area contributed by atoms with Crippen LogP contribution in [0.5, 0.6) is 11.5 Å². The van der Waals surface area contributed by atoms with Gasteiger partial charge in [-0.2, -0.15) is 0 Å². The van der Waals surface area contributed by atoms with Gasteiger partial charge in [-0.1, -0.05) is 78.1 Å². The second-order valence-corrected chi connectivity index (χ2v) is 11.1. The fourth-order valence-corrected chi connectivity index (χ4v) is 6.36. The van der Waals surface area contributed by atoms with Crippen LogP contribution in [0.4, 0.5) is 0 Å². The lowest BCUT2D eigenvalue weighted by molar-refractivity contribution is -0.139. The van der Waals surface area contributed by atoms with Crippen molar-refractivity contribution < 1.29 is 19.0 Å². The maximum Gasteiger partial charge on any atom is 0.338 e. The van der Waals surface area contributed by atoms with Gasteiger partial charge < -0.3 is 14.2 Å². The summed E-state index contributed by atoms with van der Waals surface area (Å²) in [6.07, 6.45) is 1.84. The van der Waals surface area contributed by atoms with E-state index in [1.54, 1.807) is 25.5 Å². The van der Waals surface area contributed by atoms with Gasteiger partial charge in [-0.15, -0.1) is 0 Å². The minimum atomic E-state index is -0.682. The van der Waals surface area contributed by atoms with Crippen molar-refractivity contribution in [1.29, 1.82) is 0 Å². The van der Waals surface area contributed by atoms with E-state index in [1.807, 2.05) is 72.8 Å². The fraction of sp³-hybridized carbons (Fsp3) is 0.171. The standard InChI is InChI=1S/C35H30N2O5S/c1-4-41-34(39)31-22(2)36-35-37(32(31)25-15-17-27(40-3)18-16-25)33(38)30(43-35)20-23-9-7-13-28(19-23)42-21-26-12-8-11-24-10-5-6-14-29(24)26/h5-20,32H,4,21H2,1-3H3/b30-20+/t32-/m0/s1. The van der Waals surface area contributed by atoms with E-state index in [9.17, 15) is 9.59 Å². The Balaban J connectivity index is 1.36. The van der Waals surface area contributed by atoms with Gasteiger partial charge in [0.25, 0.3) is 5.56 Å². The lowest BCUT2D eigenvalue weighted by Crippen LogP contribution is -2.39. The molecule has 2 heterocycles. The molecular weight excluding hydrogens is 560 g/mol. The highest BCUT2D eigenvalue weighted by atomic mass is 32.1. The van der Waals surface area contributed by atoms with E-state index in [0.29, 0.717) is 38.7 Å². The molecule has 0 bridgehead atoms. The van der Waals surface area contributed by atoms with Crippen molar-refractivity contribution >= 4 is 34.2 Å². The zero-order valence-corrected chi connectivity index (χ0v) is 24.9. The van der Waals surface area contributed by atoms with Crippen molar-refractivity contribution in [3.63, 3.8) is 0 Å². The van der Waals surface area contributed by atoms with Gasteiger partial charge in [0.1, 0.15) is 18.1 Å². The molecule has 8 heteroatoms. The number of thiazole rings is 1. The van der Waals surface area contributed by atoms with Crippen molar-refractivity contribution in [2.75, 3.05) is 13.7 Å². The van der Waals surface area contributed by atoms with E-state index in [-0.39, 0.29) is 12.2 Å². The Hall–Kier alpha value is -4.95. The van der Waals surface area contributed by atoms with Crippen molar-refractivity contribution in [3.8, 4) is 11.5 Å². The quantitative estimate of drug-likeness (QED) is 0.222. The number of ether oxygens (including phenoxy) is 3. The number of carbonyl (C=O) groups is 1. The molecule has 0 radical (unpaired) electrons. The molecular formula is C35H30N2O5S. The second kappa shape index (κ2) is 12.1. The van der Waals surface area contributed by atoms with Crippen molar-refractivity contribution in [2.45, 2.75) is 26.5 Å². The summed E-state index contributed by atoms with van der Waals surface area (Å²) >= 11 is 1.29. The van der Waals surface area contributed by atoms with Gasteiger partial charge in [0.2, 0.25) is 0 Å². The molecule has 0 fully saturated rings. The Morgan fingerprint density at radius 2 is 1.74 bits per heavy atom. The molecule has 1 atom stereocenters. The highest BCUT2D eigenvalue weighted by Gasteiger charge is 2.33. The van der Waals surface area contributed by atoms with E-state index >= 15 is 0 Å². The molecule has 0 unspecified atom stereocenters. The Morgan fingerprint density at radius 3 is 2.53 bits per heavy atom. The van der Waals surface area contributed by atoms with Crippen LogP contribution in [0.3, 0.4) is 0 Å². The molecule has 0 N–H and O–H groups in total. The molecule has 0 saturated carbocycles. The van der Waals surface area contributed by atoms with Gasteiger partial charge >= 0.3 is 5.97 Å². The molecule has 0 saturated heterocycles.